The molecule has 0 aliphatic carbocycles. The molecule has 166 valence electrons. The predicted molar refractivity (Wildman–Crippen MR) is 126 cm³/mol. The molecule has 2 aromatic rings. The molecular weight excluding hydrogens is 387 g/mol. The Morgan fingerprint density at radius 1 is 0.774 bits per heavy atom. The molecule has 0 atom stereocenters. The van der Waals surface area contributed by atoms with E-state index in [-0.39, 0.29) is 18.3 Å². The zero-order valence-electron chi connectivity index (χ0n) is 19.3. The number of rotatable bonds is 11. The lowest BCUT2D eigenvalue weighted by Gasteiger charge is -2.32. The van der Waals surface area contributed by atoms with Gasteiger partial charge in [-0.25, -0.2) is 0 Å². The van der Waals surface area contributed by atoms with Crippen LogP contribution >= 0.6 is 0 Å². The summed E-state index contributed by atoms with van der Waals surface area (Å²) in [6, 6.07) is 20.5. The van der Waals surface area contributed by atoms with Crippen LogP contribution in [0.4, 0.5) is 0 Å². The zero-order chi connectivity index (χ0) is 22.2. The fourth-order valence-electron chi connectivity index (χ4n) is 3.36. The van der Waals surface area contributed by atoms with Gasteiger partial charge >= 0.3 is 7.12 Å². The van der Waals surface area contributed by atoms with Gasteiger partial charge in [0.05, 0.1) is 37.6 Å². The zero-order valence-corrected chi connectivity index (χ0v) is 19.3. The first kappa shape index (κ1) is 23.7. The first-order chi connectivity index (χ1) is 14.9. The molecule has 0 N–H and O–H groups in total. The summed E-state index contributed by atoms with van der Waals surface area (Å²) < 4.78 is 24.3. The largest absolute Gasteiger partial charge is 0.490 e. The van der Waals surface area contributed by atoms with Crippen LogP contribution in [-0.2, 0) is 32.0 Å². The van der Waals surface area contributed by atoms with Gasteiger partial charge in [0.2, 0.25) is 0 Å². The highest BCUT2D eigenvalue weighted by molar-refractivity contribution is 6.54. The summed E-state index contributed by atoms with van der Waals surface area (Å²) in [5.74, 6) is 0. The summed E-state index contributed by atoms with van der Waals surface area (Å²) in [6.45, 7) is 10.8. The van der Waals surface area contributed by atoms with Crippen LogP contribution in [0, 0.1) is 0 Å². The normalized spacial score (nSPS) is 17.8. The monoisotopic (exact) mass is 422 g/mol. The van der Waals surface area contributed by atoms with Crippen molar-refractivity contribution in [1.29, 1.82) is 0 Å². The molecule has 31 heavy (non-hydrogen) atoms. The van der Waals surface area contributed by atoms with Gasteiger partial charge in [0.1, 0.15) is 0 Å². The Morgan fingerprint density at radius 3 is 1.77 bits per heavy atom. The molecule has 0 saturated carbocycles. The Morgan fingerprint density at radius 2 is 1.26 bits per heavy atom. The number of ether oxygens (including phenoxy) is 2. The molecule has 0 radical (unpaired) electrons. The summed E-state index contributed by atoms with van der Waals surface area (Å²) in [6.07, 6.45) is 3.77. The molecule has 2 aromatic carbocycles. The Bertz CT molecular complexity index is 802. The van der Waals surface area contributed by atoms with E-state index in [4.69, 9.17) is 18.8 Å². The van der Waals surface area contributed by atoms with Crippen LogP contribution in [0.3, 0.4) is 0 Å². The summed E-state index contributed by atoms with van der Waals surface area (Å²) >= 11 is 0. The SMILES string of the molecule is CC1(C)OB(C(=CCCOCc2ccccc2)CCOCc2ccccc2)OC1(C)C. The van der Waals surface area contributed by atoms with Crippen molar-refractivity contribution in [3.05, 3.63) is 83.3 Å². The molecule has 0 spiro atoms. The summed E-state index contributed by atoms with van der Waals surface area (Å²) in [4.78, 5) is 0. The van der Waals surface area contributed by atoms with E-state index in [1.54, 1.807) is 0 Å². The molecule has 1 fully saturated rings. The van der Waals surface area contributed by atoms with Gasteiger partial charge in [-0.2, -0.15) is 0 Å². The fourth-order valence-corrected chi connectivity index (χ4v) is 3.36. The van der Waals surface area contributed by atoms with Gasteiger partial charge < -0.3 is 18.8 Å². The Balaban J connectivity index is 1.52. The molecule has 1 heterocycles. The van der Waals surface area contributed by atoms with Crippen LogP contribution < -0.4 is 0 Å². The fraction of sp³-hybridized carbons (Fsp3) is 0.462. The third-order valence-corrected chi connectivity index (χ3v) is 5.98. The minimum absolute atomic E-state index is 0.348. The molecule has 3 rings (SSSR count). The van der Waals surface area contributed by atoms with Gasteiger partial charge in [0.25, 0.3) is 0 Å². The van der Waals surface area contributed by atoms with Gasteiger partial charge in [0, 0.05) is 0 Å². The highest BCUT2D eigenvalue weighted by Crippen LogP contribution is 2.39. The maximum atomic E-state index is 6.28. The highest BCUT2D eigenvalue weighted by Gasteiger charge is 2.52. The number of benzene rings is 2. The molecule has 4 nitrogen and oxygen atoms in total. The summed E-state index contributed by atoms with van der Waals surface area (Å²) in [5, 5.41) is 0. The summed E-state index contributed by atoms with van der Waals surface area (Å²) in [7, 11) is -0.348. The van der Waals surface area contributed by atoms with Crippen LogP contribution in [0.15, 0.2) is 72.2 Å². The van der Waals surface area contributed by atoms with E-state index in [1.165, 1.54) is 11.1 Å². The lowest BCUT2D eigenvalue weighted by Crippen LogP contribution is -2.41. The third-order valence-electron chi connectivity index (χ3n) is 5.98. The van der Waals surface area contributed by atoms with E-state index in [0.717, 1.165) is 18.3 Å². The Hall–Kier alpha value is -1.92. The van der Waals surface area contributed by atoms with Crippen molar-refractivity contribution in [2.24, 2.45) is 0 Å². The van der Waals surface area contributed by atoms with Crippen LogP contribution in [-0.4, -0.2) is 31.5 Å². The Labute approximate surface area is 187 Å². The lowest BCUT2D eigenvalue weighted by atomic mass is 9.75. The van der Waals surface area contributed by atoms with E-state index in [1.807, 2.05) is 36.4 Å². The van der Waals surface area contributed by atoms with Crippen LogP contribution in [0.2, 0.25) is 0 Å². The van der Waals surface area contributed by atoms with Gasteiger partial charge in [-0.15, -0.1) is 0 Å². The van der Waals surface area contributed by atoms with Crippen molar-refractivity contribution in [2.75, 3.05) is 13.2 Å². The molecule has 0 bridgehead atoms. The quantitative estimate of drug-likeness (QED) is 0.341. The second kappa shape index (κ2) is 11.1. The third kappa shape index (κ3) is 7.04. The van der Waals surface area contributed by atoms with Crippen molar-refractivity contribution >= 4 is 7.12 Å². The molecule has 1 aliphatic heterocycles. The summed E-state index contributed by atoms with van der Waals surface area (Å²) in [5.41, 5.74) is 2.77. The average Bonchev–Trinajstić information content (AvgIpc) is 2.97. The first-order valence-corrected chi connectivity index (χ1v) is 11.2. The van der Waals surface area contributed by atoms with Crippen LogP contribution in [0.5, 0.6) is 0 Å². The smallest absolute Gasteiger partial charge is 0.400 e. The average molecular weight is 422 g/mol. The predicted octanol–water partition coefficient (Wildman–Crippen LogP) is 5.76. The van der Waals surface area contributed by atoms with Gasteiger partial charge in [-0.05, 0) is 57.1 Å². The van der Waals surface area contributed by atoms with Crippen molar-refractivity contribution in [1.82, 2.24) is 0 Å². The second-order valence-corrected chi connectivity index (χ2v) is 8.98. The van der Waals surface area contributed by atoms with Crippen molar-refractivity contribution in [2.45, 2.75) is 65.0 Å². The Kier molecular flexibility index (Phi) is 8.50. The van der Waals surface area contributed by atoms with E-state index in [9.17, 15) is 0 Å². The van der Waals surface area contributed by atoms with E-state index >= 15 is 0 Å². The molecule has 5 heteroatoms. The number of hydrogen-bond acceptors (Lipinski definition) is 4. The minimum atomic E-state index is -0.356. The van der Waals surface area contributed by atoms with E-state index < -0.39 is 0 Å². The first-order valence-electron chi connectivity index (χ1n) is 11.2. The van der Waals surface area contributed by atoms with Crippen molar-refractivity contribution < 1.29 is 18.8 Å². The molecule has 1 aliphatic rings. The maximum absolute atomic E-state index is 6.28. The van der Waals surface area contributed by atoms with E-state index in [0.29, 0.717) is 26.4 Å². The molecule has 0 aromatic heterocycles. The number of hydrogen-bond donors (Lipinski definition) is 0. The van der Waals surface area contributed by atoms with Crippen molar-refractivity contribution in [3.8, 4) is 0 Å². The molecule has 0 unspecified atom stereocenters. The van der Waals surface area contributed by atoms with E-state index in [2.05, 4.69) is 58.0 Å². The van der Waals surface area contributed by atoms with Crippen LogP contribution in [0.25, 0.3) is 0 Å². The van der Waals surface area contributed by atoms with Crippen molar-refractivity contribution in [3.63, 3.8) is 0 Å². The van der Waals surface area contributed by atoms with Gasteiger partial charge in [-0.1, -0.05) is 66.7 Å². The second-order valence-electron chi connectivity index (χ2n) is 8.98. The maximum Gasteiger partial charge on any atom is 0.490 e. The molecular formula is C26H35BO4. The standard InChI is InChI=1S/C26H35BO4/c1-25(2)26(3,4)31-27(30-25)24(17-19-29-21-23-14-9-6-10-15-23)16-11-18-28-20-22-12-7-5-8-13-22/h5-10,12-16H,11,17-21H2,1-4H3. The highest BCUT2D eigenvalue weighted by atomic mass is 16.7. The molecule has 0 amide bonds. The minimum Gasteiger partial charge on any atom is -0.400 e. The lowest BCUT2D eigenvalue weighted by molar-refractivity contribution is 0.00578. The van der Waals surface area contributed by atoms with Crippen LogP contribution in [0.1, 0.15) is 51.7 Å². The topological polar surface area (TPSA) is 36.9 Å². The van der Waals surface area contributed by atoms with Gasteiger partial charge in [-0.3, -0.25) is 0 Å². The molecule has 1 saturated heterocycles. The van der Waals surface area contributed by atoms with Gasteiger partial charge in [0.15, 0.2) is 0 Å².